The largest absolute Gasteiger partial charge is 0.378 e. The van der Waals surface area contributed by atoms with E-state index < -0.39 is 11.4 Å². The minimum atomic E-state index is -0.572. The van der Waals surface area contributed by atoms with Crippen LogP contribution in [-0.4, -0.2) is 18.6 Å². The van der Waals surface area contributed by atoms with Crippen LogP contribution in [0, 0.1) is 5.82 Å². The van der Waals surface area contributed by atoms with E-state index in [-0.39, 0.29) is 24.6 Å². The normalized spacial score (nSPS) is 11.4. The van der Waals surface area contributed by atoms with Crippen LogP contribution >= 0.6 is 0 Å². The summed E-state index contributed by atoms with van der Waals surface area (Å²) in [5.41, 5.74) is 5.67. The summed E-state index contributed by atoms with van der Waals surface area (Å²) in [5, 5.41) is 2.52. The standard InChI is InChI=1S/C13H19FN2O2/c1-13(2,18-3)7-12(17)16-11-5-4-9(8-15)6-10(11)14/h4-6H,7-8,15H2,1-3H3,(H,16,17). The number of ether oxygens (including phenoxy) is 1. The Balaban J connectivity index is 2.71. The molecule has 0 saturated carbocycles. The molecule has 5 heteroatoms. The fourth-order valence-electron chi connectivity index (χ4n) is 1.44. The third-order valence-electron chi connectivity index (χ3n) is 2.68. The lowest BCUT2D eigenvalue weighted by molar-refractivity contribution is -0.121. The quantitative estimate of drug-likeness (QED) is 0.845. The van der Waals surface area contributed by atoms with E-state index in [0.29, 0.717) is 5.56 Å². The third-order valence-corrected chi connectivity index (χ3v) is 2.68. The van der Waals surface area contributed by atoms with E-state index in [4.69, 9.17) is 10.5 Å². The molecule has 0 aliphatic rings. The van der Waals surface area contributed by atoms with E-state index in [1.807, 2.05) is 0 Å². The van der Waals surface area contributed by atoms with Gasteiger partial charge in [-0.25, -0.2) is 4.39 Å². The lowest BCUT2D eigenvalue weighted by Crippen LogP contribution is -2.29. The Labute approximate surface area is 106 Å². The van der Waals surface area contributed by atoms with Gasteiger partial charge in [-0.3, -0.25) is 4.79 Å². The molecule has 0 radical (unpaired) electrons. The highest BCUT2D eigenvalue weighted by atomic mass is 19.1. The number of anilines is 1. The lowest BCUT2D eigenvalue weighted by atomic mass is 10.0. The van der Waals surface area contributed by atoms with Gasteiger partial charge in [-0.2, -0.15) is 0 Å². The van der Waals surface area contributed by atoms with Gasteiger partial charge in [-0.05, 0) is 31.5 Å². The molecule has 0 saturated heterocycles. The van der Waals surface area contributed by atoms with E-state index in [0.717, 1.165) is 0 Å². The van der Waals surface area contributed by atoms with Crippen LogP contribution in [-0.2, 0) is 16.1 Å². The number of hydrogen-bond acceptors (Lipinski definition) is 3. The fraction of sp³-hybridized carbons (Fsp3) is 0.462. The number of carbonyl (C=O) groups is 1. The van der Waals surface area contributed by atoms with Gasteiger partial charge in [0.25, 0.3) is 0 Å². The summed E-state index contributed by atoms with van der Waals surface area (Å²) < 4.78 is 18.8. The first kappa shape index (κ1) is 14.6. The minimum Gasteiger partial charge on any atom is -0.378 e. The number of benzene rings is 1. The Morgan fingerprint density at radius 2 is 2.17 bits per heavy atom. The monoisotopic (exact) mass is 254 g/mol. The molecule has 0 spiro atoms. The zero-order valence-electron chi connectivity index (χ0n) is 10.9. The highest BCUT2D eigenvalue weighted by molar-refractivity contribution is 5.91. The Kier molecular flexibility index (Phi) is 4.81. The van der Waals surface area contributed by atoms with Gasteiger partial charge in [-0.1, -0.05) is 6.07 Å². The number of hydrogen-bond donors (Lipinski definition) is 2. The van der Waals surface area contributed by atoms with Crippen molar-refractivity contribution in [1.29, 1.82) is 0 Å². The average molecular weight is 254 g/mol. The first-order valence-electron chi connectivity index (χ1n) is 5.71. The Morgan fingerprint density at radius 1 is 1.50 bits per heavy atom. The molecule has 0 bridgehead atoms. The Bertz CT molecular complexity index is 433. The molecule has 0 atom stereocenters. The number of nitrogens with two attached hydrogens (primary N) is 1. The summed E-state index contributed by atoms with van der Waals surface area (Å²) in [4.78, 5) is 11.7. The van der Waals surface area contributed by atoms with Gasteiger partial charge in [-0.15, -0.1) is 0 Å². The third kappa shape index (κ3) is 4.09. The van der Waals surface area contributed by atoms with Crippen LogP contribution in [0.3, 0.4) is 0 Å². The average Bonchev–Trinajstić information content (AvgIpc) is 2.31. The number of carbonyl (C=O) groups excluding carboxylic acids is 1. The first-order valence-corrected chi connectivity index (χ1v) is 5.71. The second kappa shape index (κ2) is 5.93. The maximum atomic E-state index is 13.6. The predicted octanol–water partition coefficient (Wildman–Crippen LogP) is 2.04. The molecule has 4 nitrogen and oxygen atoms in total. The molecule has 1 rings (SSSR count). The second-order valence-corrected chi connectivity index (χ2v) is 4.71. The van der Waals surface area contributed by atoms with E-state index in [1.54, 1.807) is 19.9 Å². The van der Waals surface area contributed by atoms with Crippen molar-refractivity contribution in [3.8, 4) is 0 Å². The molecule has 100 valence electrons. The van der Waals surface area contributed by atoms with Crippen LogP contribution in [0.4, 0.5) is 10.1 Å². The van der Waals surface area contributed by atoms with Gasteiger partial charge in [0.05, 0.1) is 17.7 Å². The number of rotatable bonds is 5. The Morgan fingerprint density at radius 3 is 2.67 bits per heavy atom. The van der Waals surface area contributed by atoms with Crippen molar-refractivity contribution in [3.05, 3.63) is 29.6 Å². The van der Waals surface area contributed by atoms with Crippen molar-refractivity contribution in [2.45, 2.75) is 32.4 Å². The van der Waals surface area contributed by atoms with E-state index in [1.165, 1.54) is 19.2 Å². The summed E-state index contributed by atoms with van der Waals surface area (Å²) in [6.07, 6.45) is 0.154. The zero-order valence-corrected chi connectivity index (χ0v) is 10.9. The fourth-order valence-corrected chi connectivity index (χ4v) is 1.44. The van der Waals surface area contributed by atoms with Crippen LogP contribution in [0.1, 0.15) is 25.8 Å². The van der Waals surface area contributed by atoms with Crippen molar-refractivity contribution < 1.29 is 13.9 Å². The molecule has 1 aromatic carbocycles. The van der Waals surface area contributed by atoms with Crippen LogP contribution in [0.15, 0.2) is 18.2 Å². The van der Waals surface area contributed by atoms with Crippen molar-refractivity contribution in [3.63, 3.8) is 0 Å². The second-order valence-electron chi connectivity index (χ2n) is 4.71. The molecule has 0 heterocycles. The highest BCUT2D eigenvalue weighted by Gasteiger charge is 2.21. The van der Waals surface area contributed by atoms with Crippen molar-refractivity contribution >= 4 is 11.6 Å². The molecular formula is C13H19FN2O2. The summed E-state index contributed by atoms with van der Waals surface area (Å²) in [7, 11) is 1.53. The van der Waals surface area contributed by atoms with Crippen molar-refractivity contribution in [1.82, 2.24) is 0 Å². The van der Waals surface area contributed by atoms with Gasteiger partial charge in [0.2, 0.25) is 5.91 Å². The minimum absolute atomic E-state index is 0.154. The van der Waals surface area contributed by atoms with E-state index in [2.05, 4.69) is 5.32 Å². The number of methoxy groups -OCH3 is 1. The zero-order chi connectivity index (χ0) is 13.8. The first-order chi connectivity index (χ1) is 8.38. The molecule has 3 N–H and O–H groups in total. The van der Waals surface area contributed by atoms with Gasteiger partial charge in [0.1, 0.15) is 5.82 Å². The smallest absolute Gasteiger partial charge is 0.227 e. The molecule has 0 aliphatic heterocycles. The van der Waals surface area contributed by atoms with E-state index in [9.17, 15) is 9.18 Å². The number of nitrogens with one attached hydrogen (secondary N) is 1. The van der Waals surface area contributed by atoms with Crippen LogP contribution in [0.5, 0.6) is 0 Å². The van der Waals surface area contributed by atoms with Gasteiger partial charge >= 0.3 is 0 Å². The highest BCUT2D eigenvalue weighted by Crippen LogP contribution is 2.18. The topological polar surface area (TPSA) is 64.3 Å². The molecule has 0 fully saturated rings. The van der Waals surface area contributed by atoms with Gasteiger partial charge in [0, 0.05) is 13.7 Å². The number of amides is 1. The van der Waals surface area contributed by atoms with Gasteiger partial charge in [0.15, 0.2) is 0 Å². The summed E-state index contributed by atoms with van der Waals surface area (Å²) in [5.74, 6) is -0.775. The molecule has 0 unspecified atom stereocenters. The number of halogens is 1. The van der Waals surface area contributed by atoms with Crippen molar-refractivity contribution in [2.75, 3.05) is 12.4 Å². The van der Waals surface area contributed by atoms with Gasteiger partial charge < -0.3 is 15.8 Å². The SMILES string of the molecule is COC(C)(C)CC(=O)Nc1ccc(CN)cc1F. The molecular weight excluding hydrogens is 235 g/mol. The molecule has 0 aliphatic carbocycles. The summed E-state index contributed by atoms with van der Waals surface area (Å²) >= 11 is 0. The molecule has 0 aromatic heterocycles. The van der Waals surface area contributed by atoms with Crippen molar-refractivity contribution in [2.24, 2.45) is 5.73 Å². The molecule has 18 heavy (non-hydrogen) atoms. The maximum absolute atomic E-state index is 13.6. The van der Waals surface area contributed by atoms with Crippen LogP contribution in [0.2, 0.25) is 0 Å². The van der Waals surface area contributed by atoms with Crippen LogP contribution < -0.4 is 11.1 Å². The van der Waals surface area contributed by atoms with E-state index >= 15 is 0 Å². The summed E-state index contributed by atoms with van der Waals surface area (Å²) in [6.45, 7) is 3.85. The molecule has 1 amide bonds. The predicted molar refractivity (Wildman–Crippen MR) is 68.6 cm³/mol. The summed E-state index contributed by atoms with van der Waals surface area (Å²) in [6, 6.07) is 4.51. The molecule has 1 aromatic rings. The van der Waals surface area contributed by atoms with Crippen LogP contribution in [0.25, 0.3) is 0 Å². The maximum Gasteiger partial charge on any atom is 0.227 e. The lowest BCUT2D eigenvalue weighted by Gasteiger charge is -2.22. The Hall–Kier alpha value is -1.46.